The van der Waals surface area contributed by atoms with Crippen LogP contribution in [0.5, 0.6) is 0 Å². The van der Waals surface area contributed by atoms with Crippen molar-refractivity contribution in [3.63, 3.8) is 0 Å². The molecule has 1 aliphatic rings. The molecule has 1 unspecified atom stereocenters. The van der Waals surface area contributed by atoms with Crippen molar-refractivity contribution in [2.75, 3.05) is 26.2 Å². The second kappa shape index (κ2) is 8.11. The van der Waals surface area contributed by atoms with Crippen molar-refractivity contribution in [2.45, 2.75) is 32.7 Å². The monoisotopic (exact) mass is 318 g/mol. The van der Waals surface area contributed by atoms with Gasteiger partial charge in [0, 0.05) is 26.2 Å². The number of carbonyl (C=O) groups is 2. The van der Waals surface area contributed by atoms with Crippen molar-refractivity contribution in [1.29, 1.82) is 0 Å². The van der Waals surface area contributed by atoms with Crippen LogP contribution in [0, 0.1) is 5.92 Å². The molecule has 5 nitrogen and oxygen atoms in total. The quantitative estimate of drug-likeness (QED) is 0.875. The molecular formula is C18H26N2O3. The van der Waals surface area contributed by atoms with Crippen LogP contribution in [0.2, 0.25) is 0 Å². The van der Waals surface area contributed by atoms with Gasteiger partial charge < -0.3 is 10.0 Å². The lowest BCUT2D eigenvalue weighted by atomic mass is 9.94. The zero-order chi connectivity index (χ0) is 16.8. The third-order valence-electron chi connectivity index (χ3n) is 4.67. The first-order valence-electron chi connectivity index (χ1n) is 8.39. The second-order valence-corrected chi connectivity index (χ2v) is 5.97. The standard InChI is InChI=1S/C18H26N2O3/c1-3-19(4-2)17(21)16(14-8-6-5-7-9-14)20-12-10-15(11-13-20)18(22)23/h5-9,15-16H,3-4,10-13H2,1-2H3,(H,22,23). The van der Waals surface area contributed by atoms with E-state index in [1.54, 1.807) is 0 Å². The molecule has 1 aliphatic heterocycles. The molecule has 2 rings (SSSR count). The van der Waals surface area contributed by atoms with Gasteiger partial charge in [-0.1, -0.05) is 30.3 Å². The maximum atomic E-state index is 13.0. The highest BCUT2D eigenvalue weighted by molar-refractivity contribution is 5.83. The topological polar surface area (TPSA) is 60.9 Å². The van der Waals surface area contributed by atoms with E-state index in [9.17, 15) is 9.59 Å². The Labute approximate surface area is 137 Å². The van der Waals surface area contributed by atoms with Crippen LogP contribution in [0.1, 0.15) is 38.3 Å². The van der Waals surface area contributed by atoms with E-state index >= 15 is 0 Å². The Kier molecular flexibility index (Phi) is 6.16. The lowest BCUT2D eigenvalue weighted by Crippen LogP contribution is -2.46. The van der Waals surface area contributed by atoms with Crippen LogP contribution < -0.4 is 0 Å². The largest absolute Gasteiger partial charge is 0.481 e. The fourth-order valence-electron chi connectivity index (χ4n) is 3.26. The molecule has 0 saturated carbocycles. The molecule has 0 radical (unpaired) electrons. The van der Waals surface area contributed by atoms with Gasteiger partial charge >= 0.3 is 5.97 Å². The number of amides is 1. The van der Waals surface area contributed by atoms with Crippen LogP contribution >= 0.6 is 0 Å². The number of rotatable bonds is 6. The van der Waals surface area contributed by atoms with Gasteiger partial charge in [-0.05, 0) is 32.3 Å². The van der Waals surface area contributed by atoms with Gasteiger partial charge in [0.1, 0.15) is 6.04 Å². The number of likely N-dealkylation sites (tertiary alicyclic amines) is 1. The molecule has 1 fully saturated rings. The number of carboxylic acid groups (broad SMARTS) is 1. The summed E-state index contributed by atoms with van der Waals surface area (Å²) in [4.78, 5) is 28.1. The Morgan fingerprint density at radius 1 is 1.17 bits per heavy atom. The number of carbonyl (C=O) groups excluding carboxylic acids is 1. The highest BCUT2D eigenvalue weighted by atomic mass is 16.4. The number of hydrogen-bond acceptors (Lipinski definition) is 3. The van der Waals surface area contributed by atoms with Crippen molar-refractivity contribution in [2.24, 2.45) is 5.92 Å². The minimum absolute atomic E-state index is 0.106. The number of hydrogen-bond donors (Lipinski definition) is 1. The van der Waals surface area contributed by atoms with E-state index < -0.39 is 5.97 Å². The van der Waals surface area contributed by atoms with Crippen LogP contribution in [-0.4, -0.2) is 53.0 Å². The first-order valence-corrected chi connectivity index (χ1v) is 8.39. The summed E-state index contributed by atoms with van der Waals surface area (Å²) in [6.07, 6.45) is 1.20. The Balaban J connectivity index is 2.21. The number of likely N-dealkylation sites (N-methyl/N-ethyl adjacent to an activating group) is 1. The minimum atomic E-state index is -0.726. The van der Waals surface area contributed by atoms with Crippen LogP contribution in [0.3, 0.4) is 0 Å². The van der Waals surface area contributed by atoms with E-state index in [2.05, 4.69) is 4.90 Å². The molecule has 23 heavy (non-hydrogen) atoms. The first kappa shape index (κ1) is 17.5. The van der Waals surface area contributed by atoms with E-state index in [0.717, 1.165) is 5.56 Å². The molecule has 5 heteroatoms. The molecule has 126 valence electrons. The van der Waals surface area contributed by atoms with Gasteiger partial charge in [-0.2, -0.15) is 0 Å². The fraction of sp³-hybridized carbons (Fsp3) is 0.556. The maximum absolute atomic E-state index is 13.0. The van der Waals surface area contributed by atoms with E-state index in [4.69, 9.17) is 5.11 Å². The Morgan fingerprint density at radius 2 is 1.74 bits per heavy atom. The summed E-state index contributed by atoms with van der Waals surface area (Å²) in [6, 6.07) is 9.49. The number of benzene rings is 1. The lowest BCUT2D eigenvalue weighted by Gasteiger charge is -2.38. The summed E-state index contributed by atoms with van der Waals surface area (Å²) < 4.78 is 0. The molecule has 1 aromatic carbocycles. The van der Waals surface area contributed by atoms with Crippen LogP contribution in [0.15, 0.2) is 30.3 Å². The van der Waals surface area contributed by atoms with Gasteiger partial charge in [-0.25, -0.2) is 0 Å². The zero-order valence-electron chi connectivity index (χ0n) is 13.9. The van der Waals surface area contributed by atoms with Crippen LogP contribution in [-0.2, 0) is 9.59 Å². The first-order chi connectivity index (χ1) is 11.1. The van der Waals surface area contributed by atoms with Crippen molar-refractivity contribution in [3.8, 4) is 0 Å². The van der Waals surface area contributed by atoms with Gasteiger partial charge in [0.2, 0.25) is 5.91 Å². The number of nitrogens with zero attached hydrogens (tertiary/aromatic N) is 2. The van der Waals surface area contributed by atoms with E-state index in [-0.39, 0.29) is 17.9 Å². The molecule has 1 N–H and O–H groups in total. The van der Waals surface area contributed by atoms with Crippen LogP contribution in [0.4, 0.5) is 0 Å². The molecular weight excluding hydrogens is 292 g/mol. The minimum Gasteiger partial charge on any atom is -0.481 e. The zero-order valence-corrected chi connectivity index (χ0v) is 13.9. The molecule has 0 aromatic heterocycles. The highest BCUT2D eigenvalue weighted by Crippen LogP contribution is 2.28. The molecule has 0 bridgehead atoms. The van der Waals surface area contributed by atoms with Gasteiger partial charge in [0.05, 0.1) is 5.92 Å². The SMILES string of the molecule is CCN(CC)C(=O)C(c1ccccc1)N1CCC(C(=O)O)CC1. The average molecular weight is 318 g/mol. The molecule has 1 heterocycles. The number of aliphatic carboxylic acids is 1. The Bertz CT molecular complexity index is 520. The normalized spacial score (nSPS) is 17.7. The van der Waals surface area contributed by atoms with Crippen molar-refractivity contribution < 1.29 is 14.7 Å². The maximum Gasteiger partial charge on any atom is 0.306 e. The van der Waals surface area contributed by atoms with E-state index in [1.165, 1.54) is 0 Å². The molecule has 1 atom stereocenters. The molecule has 0 aliphatic carbocycles. The van der Waals surface area contributed by atoms with Crippen molar-refractivity contribution in [3.05, 3.63) is 35.9 Å². The second-order valence-electron chi connectivity index (χ2n) is 5.97. The summed E-state index contributed by atoms with van der Waals surface area (Å²) in [5.41, 5.74) is 0.984. The van der Waals surface area contributed by atoms with E-state index in [1.807, 2.05) is 49.1 Å². The van der Waals surface area contributed by atoms with E-state index in [0.29, 0.717) is 39.0 Å². The van der Waals surface area contributed by atoms with Gasteiger partial charge in [-0.15, -0.1) is 0 Å². The summed E-state index contributed by atoms with van der Waals surface area (Å²) in [5, 5.41) is 9.16. The van der Waals surface area contributed by atoms with Crippen LogP contribution in [0.25, 0.3) is 0 Å². The fourth-order valence-corrected chi connectivity index (χ4v) is 3.26. The number of piperidine rings is 1. The average Bonchev–Trinajstić information content (AvgIpc) is 2.57. The molecule has 1 amide bonds. The van der Waals surface area contributed by atoms with Crippen molar-refractivity contribution >= 4 is 11.9 Å². The van der Waals surface area contributed by atoms with Gasteiger partial charge in [-0.3, -0.25) is 14.5 Å². The van der Waals surface area contributed by atoms with Crippen molar-refractivity contribution in [1.82, 2.24) is 9.80 Å². The third kappa shape index (κ3) is 4.10. The van der Waals surface area contributed by atoms with Gasteiger partial charge in [0.15, 0.2) is 0 Å². The van der Waals surface area contributed by atoms with Gasteiger partial charge in [0.25, 0.3) is 0 Å². The summed E-state index contributed by atoms with van der Waals surface area (Å²) >= 11 is 0. The predicted octanol–water partition coefficient (Wildman–Crippen LogP) is 2.39. The predicted molar refractivity (Wildman–Crippen MR) is 89.0 cm³/mol. The summed E-state index contributed by atoms with van der Waals surface area (Å²) in [5.74, 6) is -0.905. The third-order valence-corrected chi connectivity index (χ3v) is 4.67. The lowest BCUT2D eigenvalue weighted by molar-refractivity contribution is -0.144. The Morgan fingerprint density at radius 3 is 2.22 bits per heavy atom. The molecule has 1 aromatic rings. The Hall–Kier alpha value is -1.88. The highest BCUT2D eigenvalue weighted by Gasteiger charge is 2.34. The molecule has 1 saturated heterocycles. The number of carboxylic acids is 1. The molecule has 0 spiro atoms. The summed E-state index contributed by atoms with van der Waals surface area (Å²) in [6.45, 7) is 6.63. The smallest absolute Gasteiger partial charge is 0.306 e. The summed E-state index contributed by atoms with van der Waals surface area (Å²) in [7, 11) is 0.